The van der Waals surface area contributed by atoms with Crippen LogP contribution < -0.4 is 5.32 Å². The van der Waals surface area contributed by atoms with Crippen LogP contribution in [-0.2, 0) is 4.79 Å². The van der Waals surface area contributed by atoms with E-state index >= 15 is 0 Å². The molecule has 2 aliphatic rings. The Balaban J connectivity index is 1.78. The average molecular weight is 296 g/mol. The molecule has 2 rings (SSSR count). The zero-order valence-electron chi connectivity index (χ0n) is 13.7. The summed E-state index contributed by atoms with van der Waals surface area (Å²) in [7, 11) is 0. The Morgan fingerprint density at radius 2 is 2.10 bits per heavy atom. The molecule has 4 heteroatoms. The van der Waals surface area contributed by atoms with Gasteiger partial charge in [0.2, 0.25) is 0 Å². The summed E-state index contributed by atoms with van der Waals surface area (Å²) in [6, 6.07) is 1.17. The minimum absolute atomic E-state index is 0.439. The highest BCUT2D eigenvalue weighted by molar-refractivity contribution is 5.78. The van der Waals surface area contributed by atoms with E-state index in [0.29, 0.717) is 6.04 Å². The monoisotopic (exact) mass is 296 g/mol. The molecular weight excluding hydrogens is 264 g/mol. The van der Waals surface area contributed by atoms with Crippen molar-refractivity contribution in [3.8, 4) is 0 Å². The Labute approximate surface area is 129 Å². The molecule has 0 spiro atoms. The summed E-state index contributed by atoms with van der Waals surface area (Å²) in [4.78, 5) is 14.2. The maximum Gasteiger partial charge on any atom is 0.323 e. The van der Waals surface area contributed by atoms with E-state index < -0.39 is 11.5 Å². The zero-order valence-corrected chi connectivity index (χ0v) is 13.7. The molecule has 0 aromatic carbocycles. The van der Waals surface area contributed by atoms with Gasteiger partial charge in [-0.15, -0.1) is 0 Å². The zero-order chi connectivity index (χ0) is 15.3. The molecule has 4 nitrogen and oxygen atoms in total. The molecule has 1 heterocycles. The minimum Gasteiger partial charge on any atom is -0.480 e. The lowest BCUT2D eigenvalue weighted by Gasteiger charge is -2.36. The smallest absolute Gasteiger partial charge is 0.323 e. The minimum atomic E-state index is -0.739. The number of nitrogens with one attached hydrogen (secondary N) is 1. The number of likely N-dealkylation sites (tertiary alicyclic amines) is 1. The van der Waals surface area contributed by atoms with Gasteiger partial charge in [0.25, 0.3) is 0 Å². The van der Waals surface area contributed by atoms with E-state index in [0.717, 1.165) is 38.3 Å². The second kappa shape index (κ2) is 7.59. The second-order valence-corrected chi connectivity index (χ2v) is 7.13. The summed E-state index contributed by atoms with van der Waals surface area (Å²) in [5.74, 6) is -0.696. The van der Waals surface area contributed by atoms with Crippen LogP contribution >= 0.6 is 0 Å². The lowest BCUT2D eigenvalue weighted by atomic mass is 9.94. The maximum atomic E-state index is 11.6. The van der Waals surface area contributed by atoms with Crippen LogP contribution in [0, 0.1) is 0 Å². The van der Waals surface area contributed by atoms with Gasteiger partial charge in [0.15, 0.2) is 0 Å². The fourth-order valence-electron chi connectivity index (χ4n) is 3.57. The molecule has 2 unspecified atom stereocenters. The van der Waals surface area contributed by atoms with Gasteiger partial charge in [0.05, 0.1) is 0 Å². The fraction of sp³-hybridized carbons (Fsp3) is 0.941. The molecule has 1 saturated heterocycles. The fourth-order valence-corrected chi connectivity index (χ4v) is 3.57. The predicted molar refractivity (Wildman–Crippen MR) is 85.6 cm³/mol. The largest absolute Gasteiger partial charge is 0.480 e. The first-order valence-electron chi connectivity index (χ1n) is 8.80. The van der Waals surface area contributed by atoms with Gasteiger partial charge in [-0.05, 0) is 65.0 Å². The number of carboxylic acids is 1. The number of hydrogen-bond donors (Lipinski definition) is 2. The van der Waals surface area contributed by atoms with Gasteiger partial charge in [-0.3, -0.25) is 10.1 Å². The first-order chi connectivity index (χ1) is 10.0. The summed E-state index contributed by atoms with van der Waals surface area (Å²) in [5.41, 5.74) is -0.739. The Kier molecular flexibility index (Phi) is 6.06. The number of carbonyl (C=O) groups is 1. The predicted octanol–water partition coefficient (Wildman–Crippen LogP) is 3.02. The molecule has 122 valence electrons. The second-order valence-electron chi connectivity index (χ2n) is 7.13. The van der Waals surface area contributed by atoms with Gasteiger partial charge in [-0.2, -0.15) is 0 Å². The molecule has 1 aliphatic heterocycles. The number of carboxylic acid groups (broad SMARTS) is 1. The molecule has 2 atom stereocenters. The first kappa shape index (κ1) is 16.8. The summed E-state index contributed by atoms with van der Waals surface area (Å²) in [5, 5.41) is 12.8. The van der Waals surface area contributed by atoms with Gasteiger partial charge in [0, 0.05) is 12.1 Å². The van der Waals surface area contributed by atoms with Crippen molar-refractivity contribution >= 4 is 5.97 Å². The van der Waals surface area contributed by atoms with Crippen LogP contribution in [0.1, 0.15) is 71.6 Å². The third-order valence-electron chi connectivity index (χ3n) is 5.07. The standard InChI is InChI=1S/C17H32N2O2/c1-3-7-15-8-4-5-12-19(15)13-6-11-17(2,16(20)21)18-14-9-10-14/h14-15,18H,3-13H2,1-2H3,(H,20,21). The quantitative estimate of drug-likeness (QED) is 0.687. The van der Waals surface area contributed by atoms with Crippen LogP contribution in [0.3, 0.4) is 0 Å². The van der Waals surface area contributed by atoms with Gasteiger partial charge in [0.1, 0.15) is 5.54 Å². The van der Waals surface area contributed by atoms with Crippen LogP contribution in [0.15, 0.2) is 0 Å². The number of rotatable bonds is 9. The molecule has 1 aliphatic carbocycles. The summed E-state index contributed by atoms with van der Waals surface area (Å²) in [6.07, 6.45) is 10.5. The van der Waals surface area contributed by atoms with Gasteiger partial charge < -0.3 is 10.0 Å². The van der Waals surface area contributed by atoms with Crippen LogP contribution in [0.25, 0.3) is 0 Å². The molecular formula is C17H32N2O2. The molecule has 0 amide bonds. The molecule has 0 bridgehead atoms. The molecule has 2 N–H and O–H groups in total. The number of nitrogens with zero attached hydrogens (tertiary/aromatic N) is 1. The van der Waals surface area contributed by atoms with Crippen molar-refractivity contribution < 1.29 is 9.90 Å². The van der Waals surface area contributed by atoms with Crippen molar-refractivity contribution in [1.82, 2.24) is 10.2 Å². The van der Waals surface area contributed by atoms with Gasteiger partial charge in [-0.1, -0.05) is 19.8 Å². The Morgan fingerprint density at radius 3 is 2.71 bits per heavy atom. The third kappa shape index (κ3) is 4.96. The van der Waals surface area contributed by atoms with E-state index in [-0.39, 0.29) is 0 Å². The van der Waals surface area contributed by atoms with E-state index in [9.17, 15) is 9.90 Å². The molecule has 0 aromatic heterocycles. The molecule has 0 radical (unpaired) electrons. The van der Waals surface area contributed by atoms with Crippen molar-refractivity contribution in [3.05, 3.63) is 0 Å². The highest BCUT2D eigenvalue weighted by atomic mass is 16.4. The van der Waals surface area contributed by atoms with Crippen molar-refractivity contribution in [3.63, 3.8) is 0 Å². The number of aliphatic carboxylic acids is 1. The molecule has 21 heavy (non-hydrogen) atoms. The Hall–Kier alpha value is -0.610. The van der Waals surface area contributed by atoms with Crippen LogP contribution in [0.5, 0.6) is 0 Å². The van der Waals surface area contributed by atoms with E-state index in [4.69, 9.17) is 0 Å². The normalized spacial score (nSPS) is 26.5. The van der Waals surface area contributed by atoms with Crippen LogP contribution in [0.2, 0.25) is 0 Å². The highest BCUT2D eigenvalue weighted by Gasteiger charge is 2.38. The summed E-state index contributed by atoms with van der Waals surface area (Å²) < 4.78 is 0. The van der Waals surface area contributed by atoms with E-state index in [1.807, 2.05) is 6.92 Å². The number of hydrogen-bond acceptors (Lipinski definition) is 3. The van der Waals surface area contributed by atoms with Crippen molar-refractivity contribution in [1.29, 1.82) is 0 Å². The molecule has 0 aromatic rings. The molecule has 1 saturated carbocycles. The van der Waals surface area contributed by atoms with Gasteiger partial charge >= 0.3 is 5.97 Å². The van der Waals surface area contributed by atoms with Crippen LogP contribution in [-0.4, -0.2) is 46.7 Å². The van der Waals surface area contributed by atoms with E-state index in [1.165, 1.54) is 38.6 Å². The molecule has 2 fully saturated rings. The maximum absolute atomic E-state index is 11.6. The topological polar surface area (TPSA) is 52.6 Å². The lowest BCUT2D eigenvalue weighted by molar-refractivity contribution is -0.144. The van der Waals surface area contributed by atoms with Gasteiger partial charge in [-0.25, -0.2) is 0 Å². The third-order valence-corrected chi connectivity index (χ3v) is 5.07. The van der Waals surface area contributed by atoms with Crippen molar-refractivity contribution in [2.75, 3.05) is 13.1 Å². The van der Waals surface area contributed by atoms with E-state index in [1.54, 1.807) is 0 Å². The SMILES string of the molecule is CCCC1CCCCN1CCCC(C)(NC1CC1)C(=O)O. The van der Waals surface area contributed by atoms with E-state index in [2.05, 4.69) is 17.1 Å². The van der Waals surface area contributed by atoms with Crippen molar-refractivity contribution in [2.24, 2.45) is 0 Å². The average Bonchev–Trinajstić information content (AvgIpc) is 3.24. The van der Waals surface area contributed by atoms with Crippen molar-refractivity contribution in [2.45, 2.75) is 89.3 Å². The summed E-state index contributed by atoms with van der Waals surface area (Å²) in [6.45, 7) is 6.37. The number of piperidine rings is 1. The Bertz CT molecular complexity index is 342. The lowest BCUT2D eigenvalue weighted by Crippen LogP contribution is -2.51. The van der Waals surface area contributed by atoms with Crippen LogP contribution in [0.4, 0.5) is 0 Å². The first-order valence-corrected chi connectivity index (χ1v) is 8.80. The Morgan fingerprint density at radius 1 is 1.33 bits per heavy atom. The summed E-state index contributed by atoms with van der Waals surface area (Å²) >= 11 is 0. The highest BCUT2D eigenvalue weighted by Crippen LogP contribution is 2.26.